The van der Waals surface area contributed by atoms with Crippen molar-refractivity contribution < 1.29 is 9.53 Å². The van der Waals surface area contributed by atoms with E-state index in [1.54, 1.807) is 25.6 Å². The van der Waals surface area contributed by atoms with E-state index in [0.717, 1.165) is 43.5 Å². The number of rotatable bonds is 10. The van der Waals surface area contributed by atoms with Crippen molar-refractivity contribution in [3.05, 3.63) is 30.1 Å². The van der Waals surface area contributed by atoms with Crippen molar-refractivity contribution in [1.29, 1.82) is 0 Å². The molecular weight excluding hydrogens is 404 g/mol. The first-order valence-electron chi connectivity index (χ1n) is 11.3. The summed E-state index contributed by atoms with van der Waals surface area (Å²) in [5, 5.41) is 9.53. The molecule has 1 fully saturated rings. The Morgan fingerprint density at radius 3 is 2.88 bits per heavy atom. The minimum atomic E-state index is 0.199. The first-order chi connectivity index (χ1) is 15.7. The zero-order valence-corrected chi connectivity index (χ0v) is 18.9. The minimum Gasteiger partial charge on any atom is -0.481 e. The van der Waals surface area contributed by atoms with E-state index in [4.69, 9.17) is 4.74 Å². The Morgan fingerprint density at radius 1 is 1.25 bits per heavy atom. The SMILES string of the molecule is CCCNc1nc(Nc2ccnc(OC)c2)ncc1C#CCCCNC(=O)C1CCCC1. The van der Waals surface area contributed by atoms with Gasteiger partial charge in [0.05, 0.1) is 18.9 Å². The molecule has 0 unspecified atom stereocenters. The van der Waals surface area contributed by atoms with Gasteiger partial charge in [0.2, 0.25) is 17.7 Å². The predicted molar refractivity (Wildman–Crippen MR) is 126 cm³/mol. The maximum absolute atomic E-state index is 12.1. The van der Waals surface area contributed by atoms with Crippen LogP contribution in [0.25, 0.3) is 0 Å². The molecule has 2 aromatic rings. The number of amides is 1. The van der Waals surface area contributed by atoms with Gasteiger partial charge >= 0.3 is 0 Å². The normalized spacial score (nSPS) is 13.2. The van der Waals surface area contributed by atoms with Gasteiger partial charge in [-0.2, -0.15) is 4.98 Å². The van der Waals surface area contributed by atoms with Gasteiger partial charge in [-0.25, -0.2) is 9.97 Å². The van der Waals surface area contributed by atoms with Gasteiger partial charge in [-0.3, -0.25) is 4.79 Å². The Morgan fingerprint density at radius 2 is 2.09 bits per heavy atom. The molecule has 0 radical (unpaired) electrons. The zero-order valence-electron chi connectivity index (χ0n) is 18.9. The molecule has 0 aliphatic heterocycles. The standard InChI is InChI=1S/C24H32N6O2/c1-3-13-26-22-19(11-5-4-8-14-27-23(31)18-9-6-7-10-18)17-28-24(30-22)29-20-12-15-25-21(16-20)32-2/h12,15-18H,3-4,6-10,13-14H2,1-2H3,(H,27,31)(H2,25,26,28,29,30). The lowest BCUT2D eigenvalue weighted by Crippen LogP contribution is -2.29. The molecule has 1 aliphatic carbocycles. The number of ether oxygens (including phenoxy) is 1. The van der Waals surface area contributed by atoms with E-state index in [2.05, 4.69) is 49.7 Å². The predicted octanol–water partition coefficient (Wildman–Crippen LogP) is 3.88. The van der Waals surface area contributed by atoms with E-state index in [1.807, 2.05) is 6.07 Å². The van der Waals surface area contributed by atoms with Crippen LogP contribution in [-0.4, -0.2) is 41.1 Å². The van der Waals surface area contributed by atoms with Crippen molar-refractivity contribution in [2.75, 3.05) is 30.8 Å². The molecule has 170 valence electrons. The quantitative estimate of drug-likeness (QED) is 0.384. The van der Waals surface area contributed by atoms with Crippen LogP contribution in [0.1, 0.15) is 57.4 Å². The number of methoxy groups -OCH3 is 1. The van der Waals surface area contributed by atoms with Crippen LogP contribution in [-0.2, 0) is 4.79 Å². The molecule has 0 aromatic carbocycles. The van der Waals surface area contributed by atoms with Gasteiger partial charge in [0.1, 0.15) is 5.82 Å². The van der Waals surface area contributed by atoms with Gasteiger partial charge in [-0.05, 0) is 31.7 Å². The van der Waals surface area contributed by atoms with Crippen molar-refractivity contribution >= 4 is 23.4 Å². The van der Waals surface area contributed by atoms with Crippen LogP contribution in [0.4, 0.5) is 17.5 Å². The fraction of sp³-hybridized carbons (Fsp3) is 0.500. The number of carbonyl (C=O) groups is 1. The summed E-state index contributed by atoms with van der Waals surface area (Å²) in [7, 11) is 1.58. The summed E-state index contributed by atoms with van der Waals surface area (Å²) in [6.45, 7) is 3.56. The molecule has 1 saturated carbocycles. The number of unbranched alkanes of at least 4 members (excludes halogenated alkanes) is 1. The van der Waals surface area contributed by atoms with Gasteiger partial charge < -0.3 is 20.7 Å². The second-order valence-corrected chi connectivity index (χ2v) is 7.77. The minimum absolute atomic E-state index is 0.199. The molecule has 3 rings (SSSR count). The van der Waals surface area contributed by atoms with Gasteiger partial charge in [-0.1, -0.05) is 31.6 Å². The Balaban J connectivity index is 1.56. The number of anilines is 3. The molecule has 0 atom stereocenters. The fourth-order valence-electron chi connectivity index (χ4n) is 3.52. The van der Waals surface area contributed by atoms with Crippen molar-refractivity contribution in [3.63, 3.8) is 0 Å². The maximum Gasteiger partial charge on any atom is 0.229 e. The highest BCUT2D eigenvalue weighted by molar-refractivity contribution is 5.78. The summed E-state index contributed by atoms with van der Waals surface area (Å²) in [6, 6.07) is 3.60. The highest BCUT2D eigenvalue weighted by Crippen LogP contribution is 2.24. The number of hydrogen-bond donors (Lipinski definition) is 3. The molecule has 1 aliphatic rings. The van der Waals surface area contributed by atoms with Crippen molar-refractivity contribution in [1.82, 2.24) is 20.3 Å². The summed E-state index contributed by atoms with van der Waals surface area (Å²) >= 11 is 0. The third-order valence-electron chi connectivity index (χ3n) is 5.26. The fourth-order valence-corrected chi connectivity index (χ4v) is 3.52. The highest BCUT2D eigenvalue weighted by Gasteiger charge is 2.21. The number of hydrogen-bond acceptors (Lipinski definition) is 7. The third-order valence-corrected chi connectivity index (χ3v) is 5.26. The van der Waals surface area contributed by atoms with Crippen LogP contribution < -0.4 is 20.7 Å². The van der Waals surface area contributed by atoms with E-state index in [9.17, 15) is 4.79 Å². The molecule has 8 nitrogen and oxygen atoms in total. The van der Waals surface area contributed by atoms with E-state index in [0.29, 0.717) is 30.6 Å². The first kappa shape index (κ1) is 23.3. The average molecular weight is 437 g/mol. The largest absolute Gasteiger partial charge is 0.481 e. The molecular formula is C24H32N6O2. The van der Waals surface area contributed by atoms with E-state index >= 15 is 0 Å². The topological polar surface area (TPSA) is 101 Å². The number of aromatic nitrogens is 3. The third kappa shape index (κ3) is 7.12. The Bertz CT molecular complexity index is 947. The lowest BCUT2D eigenvalue weighted by atomic mass is 10.1. The Kier molecular flexibility index (Phi) is 9.11. The summed E-state index contributed by atoms with van der Waals surface area (Å²) in [5.41, 5.74) is 1.54. The van der Waals surface area contributed by atoms with Crippen LogP contribution in [0.3, 0.4) is 0 Å². The molecule has 0 saturated heterocycles. The van der Waals surface area contributed by atoms with Crippen LogP contribution in [0, 0.1) is 17.8 Å². The number of nitrogens with one attached hydrogen (secondary N) is 3. The molecule has 0 spiro atoms. The Hall–Kier alpha value is -3.34. The van der Waals surface area contributed by atoms with Crippen LogP contribution in [0.5, 0.6) is 5.88 Å². The van der Waals surface area contributed by atoms with E-state index in [1.165, 1.54) is 12.8 Å². The average Bonchev–Trinajstić information content (AvgIpc) is 3.36. The number of carbonyl (C=O) groups excluding carboxylic acids is 1. The summed E-state index contributed by atoms with van der Waals surface area (Å²) < 4.78 is 5.15. The summed E-state index contributed by atoms with van der Waals surface area (Å²) in [4.78, 5) is 25.1. The molecule has 32 heavy (non-hydrogen) atoms. The Labute approximate surface area is 190 Å². The lowest BCUT2D eigenvalue weighted by molar-refractivity contribution is -0.124. The van der Waals surface area contributed by atoms with Crippen LogP contribution >= 0.6 is 0 Å². The molecule has 2 aromatic heterocycles. The number of nitrogens with zero attached hydrogens (tertiary/aromatic N) is 3. The lowest BCUT2D eigenvalue weighted by Gasteiger charge is -2.10. The van der Waals surface area contributed by atoms with E-state index in [-0.39, 0.29) is 11.8 Å². The summed E-state index contributed by atoms with van der Waals surface area (Å²) in [5.74, 6) is 8.44. The van der Waals surface area contributed by atoms with Crippen molar-refractivity contribution in [2.45, 2.75) is 51.9 Å². The van der Waals surface area contributed by atoms with Crippen LogP contribution in [0.15, 0.2) is 24.5 Å². The van der Waals surface area contributed by atoms with Crippen molar-refractivity contribution in [3.8, 4) is 17.7 Å². The zero-order chi connectivity index (χ0) is 22.6. The second-order valence-electron chi connectivity index (χ2n) is 7.77. The molecule has 1 amide bonds. The van der Waals surface area contributed by atoms with Gasteiger partial charge in [0.25, 0.3) is 0 Å². The second kappa shape index (κ2) is 12.5. The van der Waals surface area contributed by atoms with Gasteiger partial charge in [0.15, 0.2) is 0 Å². The maximum atomic E-state index is 12.1. The molecule has 2 heterocycles. The highest BCUT2D eigenvalue weighted by atomic mass is 16.5. The smallest absolute Gasteiger partial charge is 0.229 e. The van der Waals surface area contributed by atoms with Crippen molar-refractivity contribution in [2.24, 2.45) is 5.92 Å². The molecule has 0 bridgehead atoms. The number of pyridine rings is 1. The molecule has 3 N–H and O–H groups in total. The summed E-state index contributed by atoms with van der Waals surface area (Å²) in [6.07, 6.45) is 10.3. The van der Waals surface area contributed by atoms with Crippen LogP contribution in [0.2, 0.25) is 0 Å². The van der Waals surface area contributed by atoms with Gasteiger partial charge in [0, 0.05) is 43.4 Å². The van der Waals surface area contributed by atoms with Gasteiger partial charge in [-0.15, -0.1) is 0 Å². The first-order valence-corrected chi connectivity index (χ1v) is 11.3. The van der Waals surface area contributed by atoms with E-state index < -0.39 is 0 Å². The monoisotopic (exact) mass is 436 g/mol. The molecule has 8 heteroatoms.